The number of aliphatic hydroxyl groups excluding tert-OH is 1. The summed E-state index contributed by atoms with van der Waals surface area (Å²) < 4.78 is 16.5. The van der Waals surface area contributed by atoms with Gasteiger partial charge in [0.05, 0.1) is 12.2 Å². The number of rotatable bonds is 12. The molecule has 1 unspecified atom stereocenters. The van der Waals surface area contributed by atoms with Crippen LogP contribution in [0.25, 0.3) is 0 Å². The highest BCUT2D eigenvalue weighted by atomic mass is 16.5. The number of carbonyl (C=O) groups excluding carboxylic acids is 1. The minimum absolute atomic E-state index is 0.394. The molecule has 0 amide bonds. The number of nitrogens with zero attached hydrogens (tertiary/aromatic N) is 1. The number of ether oxygens (including phenoxy) is 3. The van der Waals surface area contributed by atoms with Gasteiger partial charge in [-0.3, -0.25) is 0 Å². The van der Waals surface area contributed by atoms with Crippen LogP contribution in [0.1, 0.15) is 62.2 Å². The number of aldehydes is 1. The van der Waals surface area contributed by atoms with Gasteiger partial charge in [0.1, 0.15) is 18.6 Å². The number of unbranched alkanes of at least 4 members (excludes halogenated alkanes) is 2. The maximum Gasteiger partial charge on any atom is 0.119 e. The minimum Gasteiger partial charge on any atom is -0.489 e. The quantitative estimate of drug-likeness (QED) is 0.303. The van der Waals surface area contributed by atoms with Crippen LogP contribution >= 0.6 is 0 Å². The van der Waals surface area contributed by atoms with Crippen molar-refractivity contribution in [2.45, 2.75) is 63.8 Å². The highest BCUT2D eigenvalue weighted by Gasteiger charge is 2.13. The summed E-state index contributed by atoms with van der Waals surface area (Å²) in [6.07, 6.45) is 8.36. The number of hydrogen-bond donors (Lipinski definition) is 2. The van der Waals surface area contributed by atoms with Gasteiger partial charge in [-0.25, -0.2) is 0 Å². The van der Waals surface area contributed by atoms with Crippen LogP contribution in [0.3, 0.4) is 0 Å². The molecule has 0 radical (unpaired) electrons. The number of hydrogen-bond acceptors (Lipinski definition) is 7. The van der Waals surface area contributed by atoms with E-state index in [1.165, 1.54) is 25.9 Å². The first-order chi connectivity index (χ1) is 18.6. The monoisotopic (exact) mass is 528 g/mol. The van der Waals surface area contributed by atoms with Crippen LogP contribution in [-0.2, 0) is 20.9 Å². The molecule has 2 N–H and O–H groups in total. The summed E-state index contributed by atoms with van der Waals surface area (Å²) in [7, 11) is 3.99. The Hall–Kier alpha value is -2.29. The molecule has 2 aromatic carbocycles. The zero-order chi connectivity index (χ0) is 27.3. The van der Waals surface area contributed by atoms with Gasteiger partial charge in [-0.1, -0.05) is 42.5 Å². The van der Waals surface area contributed by atoms with Gasteiger partial charge in [-0.05, 0) is 89.0 Å². The fraction of sp³-hybridized carbons (Fsp3) is 0.581. The average Bonchev–Trinajstić information content (AvgIpc) is 3.45. The highest BCUT2D eigenvalue weighted by molar-refractivity contribution is 5.48. The van der Waals surface area contributed by atoms with Crippen LogP contribution in [0.15, 0.2) is 54.6 Å². The molecule has 0 aliphatic carbocycles. The summed E-state index contributed by atoms with van der Waals surface area (Å²) in [5, 5.41) is 12.8. The largest absolute Gasteiger partial charge is 0.489 e. The molecule has 2 aliphatic rings. The summed E-state index contributed by atoms with van der Waals surface area (Å²) in [5.74, 6) is 0.810. The molecule has 0 aromatic heterocycles. The van der Waals surface area contributed by atoms with Gasteiger partial charge >= 0.3 is 0 Å². The lowest BCUT2D eigenvalue weighted by Gasteiger charge is -2.22. The first-order valence-corrected chi connectivity index (χ1v) is 14.0. The zero-order valence-corrected chi connectivity index (χ0v) is 23.4. The summed E-state index contributed by atoms with van der Waals surface area (Å²) >= 11 is 0. The lowest BCUT2D eigenvalue weighted by molar-refractivity contribution is -0.108. The van der Waals surface area contributed by atoms with E-state index in [0.29, 0.717) is 25.7 Å². The van der Waals surface area contributed by atoms with E-state index < -0.39 is 6.10 Å². The standard InChI is InChI=1S/C16H19NO2.C10H18O3.C5H11N/c1-17-11-16(18)14-7-9-15(10-8-14)19-12-13-5-3-2-4-6-13;11-6-2-1-3-7-13-10-4-8-12-9-5-10;1-6-4-2-3-5-6/h2-10,16-18H,11-12H2,1H3;6,10H,1-5,7-9H2;2-5H2,1H3. The van der Waals surface area contributed by atoms with Crippen molar-refractivity contribution in [2.24, 2.45) is 0 Å². The van der Waals surface area contributed by atoms with Gasteiger partial charge in [0.2, 0.25) is 0 Å². The molecule has 0 spiro atoms. The van der Waals surface area contributed by atoms with Crippen molar-refractivity contribution < 1.29 is 24.1 Å². The Morgan fingerprint density at radius 1 is 1.05 bits per heavy atom. The summed E-state index contributed by atoms with van der Waals surface area (Å²) in [5.41, 5.74) is 2.03. The molecule has 0 saturated carbocycles. The van der Waals surface area contributed by atoms with Crippen molar-refractivity contribution >= 4 is 6.29 Å². The van der Waals surface area contributed by atoms with E-state index in [0.717, 1.165) is 68.7 Å². The Morgan fingerprint density at radius 3 is 2.32 bits per heavy atom. The predicted molar refractivity (Wildman–Crippen MR) is 153 cm³/mol. The Morgan fingerprint density at radius 2 is 1.74 bits per heavy atom. The molecule has 2 heterocycles. The van der Waals surface area contributed by atoms with E-state index in [1.807, 2.05) is 61.6 Å². The lowest BCUT2D eigenvalue weighted by atomic mass is 10.1. The van der Waals surface area contributed by atoms with E-state index in [2.05, 4.69) is 17.3 Å². The van der Waals surface area contributed by atoms with E-state index in [1.54, 1.807) is 0 Å². The molecule has 2 saturated heterocycles. The predicted octanol–water partition coefficient (Wildman–Crippen LogP) is 4.78. The van der Waals surface area contributed by atoms with Crippen molar-refractivity contribution in [3.05, 3.63) is 65.7 Å². The minimum atomic E-state index is -0.479. The summed E-state index contributed by atoms with van der Waals surface area (Å²) in [6, 6.07) is 17.6. The molecular weight excluding hydrogens is 480 g/mol. The van der Waals surface area contributed by atoms with Crippen LogP contribution in [0.5, 0.6) is 5.75 Å². The Labute approximate surface area is 229 Å². The number of aliphatic hydroxyl groups is 1. The number of likely N-dealkylation sites (N-methyl/N-ethyl adjacent to an activating group) is 1. The molecular formula is C31H48N2O5. The highest BCUT2D eigenvalue weighted by Crippen LogP contribution is 2.18. The maximum absolute atomic E-state index is 10.0. The Balaban J connectivity index is 0.000000229. The summed E-state index contributed by atoms with van der Waals surface area (Å²) in [6.45, 7) is 6.19. The fourth-order valence-electron chi connectivity index (χ4n) is 4.14. The van der Waals surface area contributed by atoms with Gasteiger partial charge in [-0.2, -0.15) is 0 Å². The maximum atomic E-state index is 10.0. The zero-order valence-electron chi connectivity index (χ0n) is 23.4. The molecule has 4 rings (SSSR count). The molecule has 2 aromatic rings. The van der Waals surface area contributed by atoms with Gasteiger partial charge < -0.3 is 34.3 Å². The van der Waals surface area contributed by atoms with Crippen LogP contribution in [0.2, 0.25) is 0 Å². The van der Waals surface area contributed by atoms with Gasteiger partial charge in [0, 0.05) is 32.8 Å². The van der Waals surface area contributed by atoms with Gasteiger partial charge in [0.25, 0.3) is 0 Å². The van der Waals surface area contributed by atoms with Crippen molar-refractivity contribution in [1.82, 2.24) is 10.2 Å². The van der Waals surface area contributed by atoms with Gasteiger partial charge in [-0.15, -0.1) is 0 Å². The second-order valence-corrected chi connectivity index (χ2v) is 9.77. The molecule has 7 nitrogen and oxygen atoms in total. The van der Waals surface area contributed by atoms with Crippen LogP contribution < -0.4 is 10.1 Å². The second kappa shape index (κ2) is 20.6. The molecule has 212 valence electrons. The summed E-state index contributed by atoms with van der Waals surface area (Å²) in [4.78, 5) is 12.4. The van der Waals surface area contributed by atoms with Gasteiger partial charge in [0.15, 0.2) is 0 Å². The molecule has 2 fully saturated rings. The van der Waals surface area contributed by atoms with Crippen LogP contribution in [-0.4, -0.2) is 75.9 Å². The number of nitrogens with one attached hydrogen (secondary N) is 1. The van der Waals surface area contributed by atoms with Crippen molar-refractivity contribution in [2.75, 3.05) is 53.6 Å². The number of likely N-dealkylation sites (tertiary alicyclic amines) is 1. The number of benzene rings is 2. The number of carbonyl (C=O) groups is 1. The Bertz CT molecular complexity index is 822. The van der Waals surface area contributed by atoms with Crippen molar-refractivity contribution in [3.63, 3.8) is 0 Å². The van der Waals surface area contributed by atoms with Crippen molar-refractivity contribution in [3.8, 4) is 5.75 Å². The third kappa shape index (κ3) is 14.6. The molecule has 0 bridgehead atoms. The second-order valence-electron chi connectivity index (χ2n) is 9.77. The van der Waals surface area contributed by atoms with E-state index >= 15 is 0 Å². The molecule has 2 aliphatic heterocycles. The average molecular weight is 529 g/mol. The van der Waals surface area contributed by atoms with E-state index in [-0.39, 0.29) is 0 Å². The topological polar surface area (TPSA) is 80.3 Å². The van der Waals surface area contributed by atoms with E-state index in [4.69, 9.17) is 14.2 Å². The SMILES string of the molecule is CN1CCCC1.CNCC(O)c1ccc(OCc2ccccc2)cc1.O=CCCCCOC1CCOCC1. The fourth-order valence-corrected chi connectivity index (χ4v) is 4.14. The first-order valence-electron chi connectivity index (χ1n) is 14.0. The third-order valence-corrected chi connectivity index (χ3v) is 6.48. The normalized spacial score (nSPS) is 16.5. The molecule has 7 heteroatoms. The lowest BCUT2D eigenvalue weighted by Crippen LogP contribution is -2.23. The van der Waals surface area contributed by atoms with Crippen LogP contribution in [0, 0.1) is 0 Å². The van der Waals surface area contributed by atoms with Crippen LogP contribution in [0.4, 0.5) is 0 Å². The van der Waals surface area contributed by atoms with E-state index in [9.17, 15) is 9.90 Å². The molecule has 1 atom stereocenters. The Kier molecular flexibility index (Phi) is 17.3. The third-order valence-electron chi connectivity index (χ3n) is 6.48. The molecule has 38 heavy (non-hydrogen) atoms. The first kappa shape index (κ1) is 31.9. The van der Waals surface area contributed by atoms with Crippen molar-refractivity contribution in [1.29, 1.82) is 0 Å². The smallest absolute Gasteiger partial charge is 0.119 e.